The van der Waals surface area contributed by atoms with Crippen LogP contribution in [0.25, 0.3) is 0 Å². The topological polar surface area (TPSA) is 55.4 Å². The van der Waals surface area contributed by atoms with Gasteiger partial charge in [-0.3, -0.25) is 0 Å². The van der Waals surface area contributed by atoms with Crippen LogP contribution in [-0.2, 0) is 26.6 Å². The zero-order valence-corrected chi connectivity index (χ0v) is 23.0. The fourth-order valence-electron chi connectivity index (χ4n) is 1.88. The Hall–Kier alpha value is 0.194. The van der Waals surface area contributed by atoms with Crippen molar-refractivity contribution in [2.45, 2.75) is 119 Å². The maximum Gasteiger partial charge on any atom is 0.484 e. The van der Waals surface area contributed by atoms with E-state index < -0.39 is 19.1 Å². The van der Waals surface area contributed by atoms with Crippen LogP contribution in [0.1, 0.15) is 101 Å². The Morgan fingerprint density at radius 2 is 0.759 bits per heavy atom. The summed E-state index contributed by atoms with van der Waals surface area (Å²) >= 11 is 0. The second kappa shape index (κ2) is 22.9. The summed E-state index contributed by atoms with van der Waals surface area (Å²) in [4.78, 5) is 0. The minimum atomic E-state index is -1.91. The molecule has 0 aromatic carbocycles. The summed E-state index contributed by atoms with van der Waals surface area (Å²) in [6.45, 7) is 20.8. The molecule has 0 unspecified atom stereocenters. The number of hydrogen-bond acceptors (Lipinski definition) is 6. The molecule has 6 nitrogen and oxygen atoms in total. The predicted molar refractivity (Wildman–Crippen MR) is 126 cm³/mol. The van der Waals surface area contributed by atoms with Crippen LogP contribution in [-0.4, -0.2) is 57.2 Å². The fraction of sp³-hybridized carbons (Fsp3) is 1.00. The van der Waals surface area contributed by atoms with Crippen molar-refractivity contribution in [3.8, 4) is 0 Å². The van der Waals surface area contributed by atoms with Crippen molar-refractivity contribution in [3.63, 3.8) is 0 Å². The second-order valence-corrected chi connectivity index (χ2v) is 10.8. The summed E-state index contributed by atoms with van der Waals surface area (Å²) in [5, 5.41) is 0. The van der Waals surface area contributed by atoms with Gasteiger partial charge in [0.05, 0.1) is 0 Å². The van der Waals surface area contributed by atoms with Crippen LogP contribution in [0.4, 0.5) is 0 Å². The lowest BCUT2D eigenvalue weighted by Crippen LogP contribution is -2.34. The average Bonchev–Trinajstić information content (AvgIpc) is 2.60. The quantitative estimate of drug-likeness (QED) is 0.211. The maximum atomic E-state index is 5.67. The number of hydrogen-bond donors (Lipinski definition) is 0. The van der Waals surface area contributed by atoms with Gasteiger partial charge < -0.3 is 26.6 Å². The molecule has 0 saturated heterocycles. The Labute approximate surface area is 184 Å². The molecule has 0 aliphatic rings. The largest absolute Gasteiger partial charge is 0.484 e. The molecule has 8 heteroatoms. The first-order valence-electron chi connectivity index (χ1n) is 11.6. The molecule has 0 aromatic rings. The Balaban J connectivity index is 0. The molecule has 0 heterocycles. The predicted octanol–water partition coefficient (Wildman–Crippen LogP) is 5.13. The smallest absolute Gasteiger partial charge is 0.376 e. The zero-order chi connectivity index (χ0) is 22.5. The van der Waals surface area contributed by atoms with E-state index in [1.165, 1.54) is 0 Å². The van der Waals surface area contributed by atoms with E-state index in [-0.39, 0.29) is 18.3 Å². The van der Waals surface area contributed by atoms with Gasteiger partial charge >= 0.3 is 19.1 Å². The first-order chi connectivity index (χ1) is 13.8. The minimum Gasteiger partial charge on any atom is -0.376 e. The van der Waals surface area contributed by atoms with Gasteiger partial charge in [-0.1, -0.05) is 40.0 Å². The summed E-state index contributed by atoms with van der Waals surface area (Å²) in [7, 11) is -3.74. The zero-order valence-electron chi connectivity index (χ0n) is 20.7. The standard InChI is InChI=1S/C12H28O3Si.C9H22O3Si/c1-4-7-10-13-16(14-11-8-5-2)15-12-9-6-3;1-7(2)10-13(11-8(3)4)12-9(5)6/h16H,4-12H2,1-3H3;7-9,13H,1-6H3. The molecule has 0 atom stereocenters. The van der Waals surface area contributed by atoms with Gasteiger partial charge in [0.25, 0.3) is 0 Å². The SMILES string of the molecule is CC(C)O[SiH](OC(C)C)OC(C)C.CCCCO[SiH](OCCCC)OCCCC. The fourth-order valence-corrected chi connectivity index (χ4v) is 4.77. The molecule has 0 aliphatic carbocycles. The van der Waals surface area contributed by atoms with Crippen LogP contribution in [0.3, 0.4) is 0 Å². The molecule has 0 spiro atoms. The Morgan fingerprint density at radius 3 is 0.966 bits per heavy atom. The van der Waals surface area contributed by atoms with E-state index in [0.29, 0.717) is 0 Å². The van der Waals surface area contributed by atoms with Gasteiger partial charge in [-0.25, -0.2) is 0 Å². The van der Waals surface area contributed by atoms with Crippen LogP contribution < -0.4 is 0 Å². The van der Waals surface area contributed by atoms with Gasteiger partial charge in [0.1, 0.15) is 0 Å². The molecule has 0 radical (unpaired) electrons. The molecule has 29 heavy (non-hydrogen) atoms. The van der Waals surface area contributed by atoms with E-state index >= 15 is 0 Å². The molecule has 0 fully saturated rings. The van der Waals surface area contributed by atoms with Gasteiger partial charge in [0.15, 0.2) is 0 Å². The van der Waals surface area contributed by atoms with Crippen LogP contribution in [0, 0.1) is 0 Å². The summed E-state index contributed by atoms with van der Waals surface area (Å²) in [5.41, 5.74) is 0. The third kappa shape index (κ3) is 26.2. The van der Waals surface area contributed by atoms with Crippen LogP contribution in [0.15, 0.2) is 0 Å². The third-order valence-electron chi connectivity index (χ3n) is 3.41. The van der Waals surface area contributed by atoms with E-state index in [1.54, 1.807) is 0 Å². The van der Waals surface area contributed by atoms with Crippen molar-refractivity contribution in [2.75, 3.05) is 19.8 Å². The summed E-state index contributed by atoms with van der Waals surface area (Å²) < 4.78 is 33.7. The van der Waals surface area contributed by atoms with Gasteiger partial charge in [0, 0.05) is 38.1 Å². The molecule has 0 saturated carbocycles. The molecule has 178 valence electrons. The molecule has 0 N–H and O–H groups in total. The van der Waals surface area contributed by atoms with Crippen molar-refractivity contribution in [1.82, 2.24) is 0 Å². The highest BCUT2D eigenvalue weighted by atomic mass is 28.3. The first kappa shape index (κ1) is 31.4. The third-order valence-corrected chi connectivity index (χ3v) is 7.23. The maximum absolute atomic E-state index is 5.67. The molecule has 0 rings (SSSR count). The van der Waals surface area contributed by atoms with Crippen LogP contribution in [0.5, 0.6) is 0 Å². The lowest BCUT2D eigenvalue weighted by molar-refractivity contribution is 0.0335. The van der Waals surface area contributed by atoms with Crippen molar-refractivity contribution in [1.29, 1.82) is 0 Å². The highest BCUT2D eigenvalue weighted by molar-refractivity contribution is 6.36. The molecule has 0 aliphatic heterocycles. The normalized spacial score (nSPS) is 11.8. The molecule has 0 bridgehead atoms. The van der Waals surface area contributed by atoms with Crippen molar-refractivity contribution in [2.24, 2.45) is 0 Å². The molecular weight excluding hydrogens is 404 g/mol. The highest BCUT2D eigenvalue weighted by Crippen LogP contribution is 2.04. The van der Waals surface area contributed by atoms with E-state index in [1.807, 2.05) is 41.5 Å². The molecular formula is C21H50O6Si2. The average molecular weight is 455 g/mol. The summed E-state index contributed by atoms with van der Waals surface area (Å²) in [6.07, 6.45) is 7.28. The van der Waals surface area contributed by atoms with Crippen LogP contribution in [0.2, 0.25) is 0 Å². The Morgan fingerprint density at radius 1 is 0.483 bits per heavy atom. The van der Waals surface area contributed by atoms with Gasteiger partial charge in [-0.15, -0.1) is 0 Å². The van der Waals surface area contributed by atoms with Crippen molar-refractivity contribution < 1.29 is 26.6 Å². The monoisotopic (exact) mass is 454 g/mol. The molecule has 0 aromatic heterocycles. The van der Waals surface area contributed by atoms with Crippen LogP contribution >= 0.6 is 0 Å². The van der Waals surface area contributed by atoms with Gasteiger partial charge in [0.2, 0.25) is 0 Å². The van der Waals surface area contributed by atoms with E-state index in [2.05, 4.69) is 20.8 Å². The second-order valence-electron chi connectivity index (χ2n) is 7.80. The Bertz CT molecular complexity index is 272. The minimum absolute atomic E-state index is 0.175. The van der Waals surface area contributed by atoms with Crippen molar-refractivity contribution >= 4 is 19.1 Å². The lowest BCUT2D eigenvalue weighted by Gasteiger charge is -2.22. The first-order valence-corrected chi connectivity index (χ1v) is 14.4. The summed E-state index contributed by atoms with van der Waals surface area (Å²) in [6, 6.07) is 0. The summed E-state index contributed by atoms with van der Waals surface area (Å²) in [5.74, 6) is 0. The van der Waals surface area contributed by atoms with Gasteiger partial charge in [-0.2, -0.15) is 0 Å². The molecule has 0 amide bonds. The number of rotatable bonds is 18. The Kier molecular flexibility index (Phi) is 24.7. The van der Waals surface area contributed by atoms with Gasteiger partial charge in [-0.05, 0) is 60.8 Å². The van der Waals surface area contributed by atoms with E-state index in [4.69, 9.17) is 26.6 Å². The number of unbranched alkanes of at least 4 members (excludes halogenated alkanes) is 3. The van der Waals surface area contributed by atoms with Crippen molar-refractivity contribution in [3.05, 3.63) is 0 Å². The lowest BCUT2D eigenvalue weighted by atomic mass is 10.4. The highest BCUT2D eigenvalue weighted by Gasteiger charge is 2.20. The van der Waals surface area contributed by atoms with E-state index in [9.17, 15) is 0 Å². The van der Waals surface area contributed by atoms with E-state index in [0.717, 1.165) is 58.3 Å².